The molecular formula is C13H14ClFN2O. The Morgan fingerprint density at radius 1 is 1.39 bits per heavy atom. The molecule has 1 N–H and O–H groups in total. The molecule has 0 amide bonds. The number of aliphatic hydroxyl groups excluding tert-OH is 1. The molecule has 1 unspecified atom stereocenters. The van der Waals surface area contributed by atoms with Crippen molar-refractivity contribution in [3.8, 4) is 0 Å². The normalized spacial score (nSPS) is 13.0. The Kier molecular flexibility index (Phi) is 3.68. The minimum absolute atomic E-state index is 0.146. The standard InChI is InChI=1S/C13H14ClFN2O/c1-8(2)17-7-16-6-12(17)13(18)10-4-3-9(14)5-11(10)15/h3-8,13,18H,1-2H3. The summed E-state index contributed by atoms with van der Waals surface area (Å²) in [4.78, 5) is 3.99. The van der Waals surface area contributed by atoms with Crippen LogP contribution in [0.1, 0.15) is 37.3 Å². The lowest BCUT2D eigenvalue weighted by Crippen LogP contribution is -2.11. The fraction of sp³-hybridized carbons (Fsp3) is 0.308. The van der Waals surface area contributed by atoms with E-state index in [0.29, 0.717) is 10.7 Å². The van der Waals surface area contributed by atoms with Crippen LogP contribution in [0.5, 0.6) is 0 Å². The number of aliphatic hydroxyl groups is 1. The molecule has 18 heavy (non-hydrogen) atoms. The van der Waals surface area contributed by atoms with Crippen molar-refractivity contribution in [2.24, 2.45) is 0 Å². The lowest BCUT2D eigenvalue weighted by molar-refractivity contribution is 0.203. The molecular weight excluding hydrogens is 255 g/mol. The predicted octanol–water partition coefficient (Wildman–Crippen LogP) is 3.34. The van der Waals surface area contributed by atoms with Gasteiger partial charge in [-0.1, -0.05) is 17.7 Å². The Morgan fingerprint density at radius 2 is 2.11 bits per heavy atom. The van der Waals surface area contributed by atoms with Crippen LogP contribution in [0, 0.1) is 5.82 Å². The van der Waals surface area contributed by atoms with Crippen LogP contribution in [0.2, 0.25) is 5.02 Å². The van der Waals surface area contributed by atoms with Crippen LogP contribution in [-0.2, 0) is 0 Å². The van der Waals surface area contributed by atoms with E-state index < -0.39 is 11.9 Å². The summed E-state index contributed by atoms with van der Waals surface area (Å²) in [6, 6.07) is 4.38. The topological polar surface area (TPSA) is 38.0 Å². The van der Waals surface area contributed by atoms with Gasteiger partial charge in [0.05, 0.1) is 18.2 Å². The average molecular weight is 269 g/mol. The maximum absolute atomic E-state index is 13.8. The van der Waals surface area contributed by atoms with Gasteiger partial charge in [0.2, 0.25) is 0 Å². The molecule has 0 aliphatic carbocycles. The summed E-state index contributed by atoms with van der Waals surface area (Å²) in [6.07, 6.45) is 2.11. The quantitative estimate of drug-likeness (QED) is 0.927. The first-order chi connectivity index (χ1) is 8.50. The largest absolute Gasteiger partial charge is 0.382 e. The highest BCUT2D eigenvalue weighted by molar-refractivity contribution is 6.30. The summed E-state index contributed by atoms with van der Waals surface area (Å²) < 4.78 is 15.6. The van der Waals surface area contributed by atoms with Crippen molar-refractivity contribution in [1.82, 2.24) is 9.55 Å². The van der Waals surface area contributed by atoms with Gasteiger partial charge in [-0.25, -0.2) is 9.37 Å². The zero-order valence-electron chi connectivity index (χ0n) is 10.1. The number of hydrogen-bond acceptors (Lipinski definition) is 2. The third kappa shape index (κ3) is 2.40. The molecule has 1 aromatic carbocycles. The van der Waals surface area contributed by atoms with Gasteiger partial charge in [0.25, 0.3) is 0 Å². The maximum Gasteiger partial charge on any atom is 0.130 e. The molecule has 0 spiro atoms. The molecule has 1 aromatic heterocycles. The van der Waals surface area contributed by atoms with E-state index >= 15 is 0 Å². The van der Waals surface area contributed by atoms with E-state index in [1.165, 1.54) is 12.1 Å². The van der Waals surface area contributed by atoms with Crippen molar-refractivity contribution in [1.29, 1.82) is 0 Å². The Morgan fingerprint density at radius 3 is 2.72 bits per heavy atom. The number of aromatic nitrogens is 2. The number of benzene rings is 1. The Labute approximate surface area is 110 Å². The molecule has 1 atom stereocenters. The minimum Gasteiger partial charge on any atom is -0.382 e. The van der Waals surface area contributed by atoms with Crippen LogP contribution in [0.25, 0.3) is 0 Å². The number of imidazole rings is 1. The van der Waals surface area contributed by atoms with Gasteiger partial charge >= 0.3 is 0 Å². The summed E-state index contributed by atoms with van der Waals surface area (Å²) in [5, 5.41) is 10.5. The molecule has 1 heterocycles. The first kappa shape index (κ1) is 13.1. The number of halogens is 2. The van der Waals surface area contributed by atoms with Crippen LogP contribution in [0.15, 0.2) is 30.7 Å². The van der Waals surface area contributed by atoms with Crippen LogP contribution in [0.3, 0.4) is 0 Å². The van der Waals surface area contributed by atoms with Gasteiger partial charge in [0, 0.05) is 16.6 Å². The van der Waals surface area contributed by atoms with Crippen molar-refractivity contribution in [2.75, 3.05) is 0 Å². The second kappa shape index (κ2) is 5.08. The average Bonchev–Trinajstić information content (AvgIpc) is 2.77. The number of rotatable bonds is 3. The smallest absolute Gasteiger partial charge is 0.130 e. The third-order valence-corrected chi connectivity index (χ3v) is 3.02. The molecule has 2 rings (SSSR count). The SMILES string of the molecule is CC(C)n1cncc1C(O)c1ccc(Cl)cc1F. The Hall–Kier alpha value is -1.39. The number of hydrogen-bond donors (Lipinski definition) is 1. The summed E-state index contributed by atoms with van der Waals surface area (Å²) >= 11 is 5.69. The highest BCUT2D eigenvalue weighted by atomic mass is 35.5. The van der Waals surface area contributed by atoms with E-state index in [4.69, 9.17) is 11.6 Å². The molecule has 5 heteroatoms. The van der Waals surface area contributed by atoms with Crippen LogP contribution < -0.4 is 0 Å². The zero-order chi connectivity index (χ0) is 13.3. The van der Waals surface area contributed by atoms with Gasteiger partial charge in [-0.15, -0.1) is 0 Å². The molecule has 0 saturated carbocycles. The molecule has 0 radical (unpaired) electrons. The van der Waals surface area contributed by atoms with E-state index in [1.54, 1.807) is 23.2 Å². The van der Waals surface area contributed by atoms with Crippen LogP contribution >= 0.6 is 11.6 Å². The molecule has 0 aliphatic heterocycles. The lowest BCUT2D eigenvalue weighted by Gasteiger charge is -2.17. The van der Waals surface area contributed by atoms with Crippen molar-refractivity contribution in [2.45, 2.75) is 26.0 Å². The summed E-state index contributed by atoms with van der Waals surface area (Å²) in [5.74, 6) is -0.522. The highest BCUT2D eigenvalue weighted by Crippen LogP contribution is 2.27. The second-order valence-electron chi connectivity index (χ2n) is 4.39. The van der Waals surface area contributed by atoms with Gasteiger partial charge in [-0.05, 0) is 26.0 Å². The predicted molar refractivity (Wildman–Crippen MR) is 68.1 cm³/mol. The van der Waals surface area contributed by atoms with E-state index in [2.05, 4.69) is 4.98 Å². The number of nitrogens with zero attached hydrogens (tertiary/aromatic N) is 2. The van der Waals surface area contributed by atoms with Gasteiger partial charge in [0.1, 0.15) is 11.9 Å². The van der Waals surface area contributed by atoms with Gasteiger partial charge in [0.15, 0.2) is 0 Å². The van der Waals surface area contributed by atoms with Crippen LogP contribution in [0.4, 0.5) is 4.39 Å². The first-order valence-corrected chi connectivity index (χ1v) is 6.03. The van der Waals surface area contributed by atoms with Crippen molar-refractivity contribution in [3.05, 3.63) is 52.8 Å². The maximum atomic E-state index is 13.8. The fourth-order valence-electron chi connectivity index (χ4n) is 1.84. The van der Waals surface area contributed by atoms with Crippen molar-refractivity contribution >= 4 is 11.6 Å². The third-order valence-electron chi connectivity index (χ3n) is 2.79. The summed E-state index contributed by atoms with van der Waals surface area (Å²) in [6.45, 7) is 3.94. The van der Waals surface area contributed by atoms with E-state index in [1.807, 2.05) is 13.8 Å². The summed E-state index contributed by atoms with van der Waals surface area (Å²) in [5.41, 5.74) is 0.757. The fourth-order valence-corrected chi connectivity index (χ4v) is 2.00. The molecule has 0 fully saturated rings. The molecule has 0 aliphatic rings. The first-order valence-electron chi connectivity index (χ1n) is 5.65. The van der Waals surface area contributed by atoms with E-state index in [0.717, 1.165) is 0 Å². The Balaban J connectivity index is 2.41. The van der Waals surface area contributed by atoms with Crippen LogP contribution in [-0.4, -0.2) is 14.7 Å². The molecule has 2 aromatic rings. The lowest BCUT2D eigenvalue weighted by atomic mass is 10.1. The van der Waals surface area contributed by atoms with Crippen molar-refractivity contribution in [3.63, 3.8) is 0 Å². The minimum atomic E-state index is -1.05. The van der Waals surface area contributed by atoms with Gasteiger partial charge in [-0.3, -0.25) is 0 Å². The zero-order valence-corrected chi connectivity index (χ0v) is 10.9. The van der Waals surface area contributed by atoms with Gasteiger partial charge in [-0.2, -0.15) is 0 Å². The molecule has 96 valence electrons. The van der Waals surface area contributed by atoms with E-state index in [-0.39, 0.29) is 11.6 Å². The highest BCUT2D eigenvalue weighted by Gasteiger charge is 2.19. The molecule has 3 nitrogen and oxygen atoms in total. The Bertz CT molecular complexity index is 554. The van der Waals surface area contributed by atoms with E-state index in [9.17, 15) is 9.50 Å². The molecule has 0 bridgehead atoms. The van der Waals surface area contributed by atoms with Crippen molar-refractivity contribution < 1.29 is 9.50 Å². The summed E-state index contributed by atoms with van der Waals surface area (Å²) in [7, 11) is 0. The second-order valence-corrected chi connectivity index (χ2v) is 4.82. The van der Waals surface area contributed by atoms with Gasteiger partial charge < -0.3 is 9.67 Å². The monoisotopic (exact) mass is 268 g/mol. The molecule has 0 saturated heterocycles.